The smallest absolute Gasteiger partial charge is 0.257 e. The summed E-state index contributed by atoms with van der Waals surface area (Å²) in [5.41, 5.74) is 0.825. The maximum absolute atomic E-state index is 13.0. The van der Waals surface area contributed by atoms with Crippen LogP contribution in [0.3, 0.4) is 0 Å². The van der Waals surface area contributed by atoms with Crippen LogP contribution >= 0.6 is 11.6 Å². The van der Waals surface area contributed by atoms with Crippen molar-refractivity contribution in [3.63, 3.8) is 0 Å². The molecule has 10 heteroatoms. The van der Waals surface area contributed by atoms with Gasteiger partial charge in [0.05, 0.1) is 11.6 Å². The Morgan fingerprint density at radius 2 is 1.89 bits per heavy atom. The number of likely N-dealkylation sites (tertiary alicyclic amines) is 1. The van der Waals surface area contributed by atoms with Gasteiger partial charge in [-0.3, -0.25) is 14.3 Å². The zero-order valence-corrected chi connectivity index (χ0v) is 21.2. The lowest BCUT2D eigenvalue weighted by molar-refractivity contribution is 0.0651. The number of methoxy groups -OCH3 is 1. The number of hydrogen-bond donors (Lipinski definition) is 1. The number of aromatic nitrogens is 2. The highest BCUT2D eigenvalue weighted by Crippen LogP contribution is 2.34. The standard InChI is InChI=1S/C26H29ClN4O5/c1-4-19(16-34-3)35-20-12-18(25(32)28-24-8-11-30(2)29-24)13-21(15-20)36-23-7-6-17(14-22(23)27)26(33)31-9-5-10-31/h6-8,11-15,19H,4-5,9-10,16H2,1-3H3,(H,28,29,32). The lowest BCUT2D eigenvalue weighted by Crippen LogP contribution is -2.41. The van der Waals surface area contributed by atoms with Crippen molar-refractivity contribution >= 4 is 29.2 Å². The molecule has 2 aromatic carbocycles. The SMILES string of the molecule is CCC(COC)Oc1cc(Oc2ccc(C(=O)N3CCC3)cc2Cl)cc(C(=O)Nc2ccn(C)n2)c1. The number of benzene rings is 2. The predicted octanol–water partition coefficient (Wildman–Crippen LogP) is 4.77. The molecule has 1 unspecified atom stereocenters. The van der Waals surface area contributed by atoms with Gasteiger partial charge < -0.3 is 24.4 Å². The van der Waals surface area contributed by atoms with Crippen molar-refractivity contribution in [1.29, 1.82) is 0 Å². The molecule has 36 heavy (non-hydrogen) atoms. The number of carbonyl (C=O) groups is 2. The molecule has 0 aliphatic carbocycles. The molecule has 0 bridgehead atoms. The Kier molecular flexibility index (Phi) is 8.12. The summed E-state index contributed by atoms with van der Waals surface area (Å²) in [4.78, 5) is 27.2. The Morgan fingerprint density at radius 3 is 2.50 bits per heavy atom. The Bertz CT molecular complexity index is 1240. The van der Waals surface area contributed by atoms with Crippen LogP contribution in [0.25, 0.3) is 0 Å². The molecule has 3 aromatic rings. The topological polar surface area (TPSA) is 94.9 Å². The summed E-state index contributed by atoms with van der Waals surface area (Å²) in [6, 6.07) is 11.5. The molecule has 0 spiro atoms. The van der Waals surface area contributed by atoms with Crippen LogP contribution in [0.1, 0.15) is 40.5 Å². The summed E-state index contributed by atoms with van der Waals surface area (Å²) in [6.07, 6.45) is 3.26. The normalized spacial score (nSPS) is 13.6. The number of hydrogen-bond acceptors (Lipinski definition) is 6. The Hall–Kier alpha value is -3.56. The molecule has 2 amide bonds. The van der Waals surface area contributed by atoms with Crippen molar-refractivity contribution in [2.24, 2.45) is 7.05 Å². The molecule has 1 saturated heterocycles. The monoisotopic (exact) mass is 512 g/mol. The fourth-order valence-electron chi connectivity index (χ4n) is 3.66. The quantitative estimate of drug-likeness (QED) is 0.420. The van der Waals surface area contributed by atoms with Gasteiger partial charge in [0.1, 0.15) is 23.4 Å². The minimum Gasteiger partial charge on any atom is -0.488 e. The Balaban J connectivity index is 1.59. The van der Waals surface area contributed by atoms with E-state index in [4.69, 9.17) is 25.8 Å². The van der Waals surface area contributed by atoms with Crippen LogP contribution < -0.4 is 14.8 Å². The molecule has 1 aromatic heterocycles. The van der Waals surface area contributed by atoms with Gasteiger partial charge in [0.15, 0.2) is 5.82 Å². The first-order valence-electron chi connectivity index (χ1n) is 11.7. The van der Waals surface area contributed by atoms with Crippen molar-refractivity contribution in [3.8, 4) is 17.2 Å². The van der Waals surface area contributed by atoms with Crippen LogP contribution in [-0.4, -0.2) is 59.4 Å². The minimum absolute atomic E-state index is 0.0534. The van der Waals surface area contributed by atoms with Crippen LogP contribution in [0.5, 0.6) is 17.2 Å². The van der Waals surface area contributed by atoms with E-state index < -0.39 is 0 Å². The summed E-state index contributed by atoms with van der Waals surface area (Å²) in [5.74, 6) is 1.16. The third-order valence-electron chi connectivity index (χ3n) is 5.76. The molecule has 1 fully saturated rings. The number of amides is 2. The van der Waals surface area contributed by atoms with E-state index in [0.717, 1.165) is 19.5 Å². The van der Waals surface area contributed by atoms with E-state index in [-0.39, 0.29) is 22.9 Å². The van der Waals surface area contributed by atoms with Crippen LogP contribution in [0.2, 0.25) is 5.02 Å². The number of halogens is 1. The average molecular weight is 513 g/mol. The highest BCUT2D eigenvalue weighted by molar-refractivity contribution is 6.32. The van der Waals surface area contributed by atoms with E-state index in [2.05, 4.69) is 10.4 Å². The molecule has 1 aliphatic heterocycles. The maximum Gasteiger partial charge on any atom is 0.257 e. The van der Waals surface area contributed by atoms with Gasteiger partial charge in [-0.25, -0.2) is 0 Å². The van der Waals surface area contributed by atoms with E-state index in [1.807, 2.05) is 6.92 Å². The highest BCUT2D eigenvalue weighted by atomic mass is 35.5. The van der Waals surface area contributed by atoms with E-state index in [9.17, 15) is 9.59 Å². The molecule has 4 rings (SSSR count). The summed E-state index contributed by atoms with van der Waals surface area (Å²) in [7, 11) is 3.37. The number of nitrogens with zero attached hydrogens (tertiary/aromatic N) is 3. The van der Waals surface area contributed by atoms with Gasteiger partial charge in [0, 0.05) is 56.7 Å². The van der Waals surface area contributed by atoms with Gasteiger partial charge in [-0.05, 0) is 43.2 Å². The van der Waals surface area contributed by atoms with Crippen LogP contribution in [0.15, 0.2) is 48.7 Å². The summed E-state index contributed by atoms with van der Waals surface area (Å²) in [5, 5.41) is 7.25. The largest absolute Gasteiger partial charge is 0.488 e. The summed E-state index contributed by atoms with van der Waals surface area (Å²) < 4.78 is 18.9. The first kappa shape index (κ1) is 25.5. The second kappa shape index (κ2) is 11.5. The molecule has 2 heterocycles. The molecule has 190 valence electrons. The molecule has 1 atom stereocenters. The number of ether oxygens (including phenoxy) is 3. The van der Waals surface area contributed by atoms with Crippen molar-refractivity contribution in [1.82, 2.24) is 14.7 Å². The van der Waals surface area contributed by atoms with E-state index in [0.29, 0.717) is 47.2 Å². The zero-order valence-electron chi connectivity index (χ0n) is 20.5. The van der Waals surface area contributed by atoms with Crippen LogP contribution in [0.4, 0.5) is 5.82 Å². The molecule has 1 aliphatic rings. The fourth-order valence-corrected chi connectivity index (χ4v) is 3.88. The van der Waals surface area contributed by atoms with E-state index in [1.165, 1.54) is 0 Å². The first-order chi connectivity index (χ1) is 17.4. The lowest BCUT2D eigenvalue weighted by atomic mass is 10.1. The van der Waals surface area contributed by atoms with Gasteiger partial charge in [-0.2, -0.15) is 5.10 Å². The van der Waals surface area contributed by atoms with Crippen molar-refractivity contribution < 1.29 is 23.8 Å². The maximum atomic E-state index is 13.0. The molecular weight excluding hydrogens is 484 g/mol. The molecule has 0 radical (unpaired) electrons. The summed E-state index contributed by atoms with van der Waals surface area (Å²) >= 11 is 6.46. The number of aryl methyl sites for hydroxylation is 1. The second-order valence-corrected chi connectivity index (χ2v) is 8.93. The molecule has 1 N–H and O–H groups in total. The highest BCUT2D eigenvalue weighted by Gasteiger charge is 2.22. The Labute approximate surface area is 214 Å². The Morgan fingerprint density at radius 1 is 1.11 bits per heavy atom. The molecule has 0 saturated carbocycles. The van der Waals surface area contributed by atoms with Crippen molar-refractivity contribution in [2.75, 3.05) is 32.1 Å². The lowest BCUT2D eigenvalue weighted by Gasteiger charge is -2.31. The fraction of sp³-hybridized carbons (Fsp3) is 0.346. The van der Waals surface area contributed by atoms with Gasteiger partial charge in [0.25, 0.3) is 11.8 Å². The van der Waals surface area contributed by atoms with Crippen LogP contribution in [0, 0.1) is 0 Å². The van der Waals surface area contributed by atoms with Gasteiger partial charge in [-0.1, -0.05) is 18.5 Å². The number of carbonyl (C=O) groups excluding carboxylic acids is 2. The van der Waals surface area contributed by atoms with Gasteiger partial charge in [0.2, 0.25) is 0 Å². The van der Waals surface area contributed by atoms with Crippen molar-refractivity contribution in [2.45, 2.75) is 25.9 Å². The van der Waals surface area contributed by atoms with E-state index in [1.54, 1.807) is 72.4 Å². The number of anilines is 1. The van der Waals surface area contributed by atoms with E-state index >= 15 is 0 Å². The first-order valence-corrected chi connectivity index (χ1v) is 12.1. The second-order valence-electron chi connectivity index (χ2n) is 8.52. The number of rotatable bonds is 10. The van der Waals surface area contributed by atoms with Crippen LogP contribution in [-0.2, 0) is 11.8 Å². The molecular formula is C26H29ClN4O5. The third kappa shape index (κ3) is 6.16. The zero-order chi connectivity index (χ0) is 25.7. The van der Waals surface area contributed by atoms with Crippen molar-refractivity contribution in [3.05, 3.63) is 64.8 Å². The van der Waals surface area contributed by atoms with Gasteiger partial charge >= 0.3 is 0 Å². The third-order valence-corrected chi connectivity index (χ3v) is 6.05. The molecule has 9 nitrogen and oxygen atoms in total. The van der Waals surface area contributed by atoms with Gasteiger partial charge in [-0.15, -0.1) is 0 Å². The summed E-state index contributed by atoms with van der Waals surface area (Å²) in [6.45, 7) is 3.90. The average Bonchev–Trinajstić information content (AvgIpc) is 3.23. The number of nitrogens with one attached hydrogen (secondary N) is 1. The minimum atomic E-state index is -0.370. The predicted molar refractivity (Wildman–Crippen MR) is 136 cm³/mol.